The van der Waals surface area contributed by atoms with E-state index in [0.717, 1.165) is 25.7 Å². The number of nitrogens with zero attached hydrogens (tertiary/aromatic N) is 3. The molecule has 4 rings (SSSR count). The molecule has 0 N–H and O–H groups in total. The normalized spacial score (nSPS) is 22.4. The third-order valence-electron chi connectivity index (χ3n) is 5.91. The van der Waals surface area contributed by atoms with E-state index in [1.807, 2.05) is 0 Å². The molecule has 142 valence electrons. The number of benzene rings is 2. The highest BCUT2D eigenvalue weighted by molar-refractivity contribution is 5.49. The minimum Gasteiger partial charge on any atom is -0.369 e. The van der Waals surface area contributed by atoms with Crippen LogP contribution in [0.3, 0.4) is 0 Å². The average Bonchev–Trinajstić information content (AvgIpc) is 2.76. The molecular weight excluding hydrogens is 330 g/mol. The van der Waals surface area contributed by atoms with Gasteiger partial charge >= 0.3 is 0 Å². The van der Waals surface area contributed by atoms with E-state index < -0.39 is 0 Å². The van der Waals surface area contributed by atoms with Crippen molar-refractivity contribution in [1.82, 2.24) is 9.80 Å². The molecule has 2 heterocycles. The second kappa shape index (κ2) is 9.20. The van der Waals surface area contributed by atoms with E-state index in [4.69, 9.17) is 0 Å². The van der Waals surface area contributed by atoms with E-state index in [-0.39, 0.29) is 0 Å². The third-order valence-corrected chi connectivity index (χ3v) is 5.91. The molecule has 1 atom stereocenters. The van der Waals surface area contributed by atoms with Gasteiger partial charge in [0.2, 0.25) is 0 Å². The third kappa shape index (κ3) is 5.00. The molecule has 2 saturated heterocycles. The van der Waals surface area contributed by atoms with Crippen molar-refractivity contribution in [2.75, 3.05) is 50.7 Å². The van der Waals surface area contributed by atoms with E-state index >= 15 is 0 Å². The lowest BCUT2D eigenvalue weighted by Gasteiger charge is -2.43. The first kappa shape index (κ1) is 18.3. The summed E-state index contributed by atoms with van der Waals surface area (Å²) >= 11 is 0. The van der Waals surface area contributed by atoms with Gasteiger partial charge in [-0.3, -0.25) is 9.80 Å². The topological polar surface area (TPSA) is 9.72 Å². The molecule has 3 nitrogen and oxygen atoms in total. The molecule has 2 fully saturated rings. The van der Waals surface area contributed by atoms with E-state index in [0.29, 0.717) is 0 Å². The van der Waals surface area contributed by atoms with Crippen molar-refractivity contribution in [2.24, 2.45) is 0 Å². The summed E-state index contributed by atoms with van der Waals surface area (Å²) in [6.07, 6.45) is 7.25. The van der Waals surface area contributed by atoms with Gasteiger partial charge in [0.25, 0.3) is 0 Å². The fourth-order valence-electron chi connectivity index (χ4n) is 4.38. The molecule has 2 aliphatic heterocycles. The second-order valence-corrected chi connectivity index (χ2v) is 7.73. The van der Waals surface area contributed by atoms with Crippen molar-refractivity contribution in [3.05, 3.63) is 72.3 Å². The summed E-state index contributed by atoms with van der Waals surface area (Å²) < 4.78 is 0. The number of likely N-dealkylation sites (tertiary alicyclic amines) is 1. The Morgan fingerprint density at radius 1 is 0.815 bits per heavy atom. The molecule has 0 radical (unpaired) electrons. The summed E-state index contributed by atoms with van der Waals surface area (Å²) in [7, 11) is 0. The van der Waals surface area contributed by atoms with E-state index in [1.165, 1.54) is 50.3 Å². The van der Waals surface area contributed by atoms with E-state index in [9.17, 15) is 0 Å². The van der Waals surface area contributed by atoms with Crippen molar-refractivity contribution in [3.63, 3.8) is 0 Å². The quantitative estimate of drug-likeness (QED) is 0.797. The fourth-order valence-corrected chi connectivity index (χ4v) is 4.38. The first-order valence-corrected chi connectivity index (χ1v) is 10.4. The molecule has 3 heteroatoms. The van der Waals surface area contributed by atoms with Gasteiger partial charge in [-0.1, -0.05) is 60.7 Å². The van der Waals surface area contributed by atoms with Crippen LogP contribution in [0.1, 0.15) is 18.4 Å². The summed E-state index contributed by atoms with van der Waals surface area (Å²) in [6, 6.07) is 22.2. The molecule has 0 aliphatic carbocycles. The van der Waals surface area contributed by atoms with Crippen LogP contribution in [0.2, 0.25) is 0 Å². The highest BCUT2D eigenvalue weighted by atomic mass is 15.3. The highest BCUT2D eigenvalue weighted by Crippen LogP contribution is 2.21. The molecule has 27 heavy (non-hydrogen) atoms. The summed E-state index contributed by atoms with van der Waals surface area (Å²) in [5, 5.41) is 0. The van der Waals surface area contributed by atoms with Crippen LogP contribution in [0.4, 0.5) is 5.69 Å². The van der Waals surface area contributed by atoms with Gasteiger partial charge in [-0.2, -0.15) is 0 Å². The van der Waals surface area contributed by atoms with Crippen molar-refractivity contribution in [2.45, 2.75) is 18.9 Å². The van der Waals surface area contributed by atoms with E-state index in [2.05, 4.69) is 87.5 Å². The zero-order valence-corrected chi connectivity index (χ0v) is 16.2. The Labute approximate surface area is 163 Å². The molecule has 0 amide bonds. The summed E-state index contributed by atoms with van der Waals surface area (Å²) in [4.78, 5) is 7.88. The highest BCUT2D eigenvalue weighted by Gasteiger charge is 2.27. The smallest absolute Gasteiger partial charge is 0.0367 e. The number of piperidine rings is 1. The number of anilines is 1. The molecule has 2 aromatic rings. The zero-order chi connectivity index (χ0) is 18.3. The predicted octanol–water partition coefficient (Wildman–Crippen LogP) is 3.99. The molecule has 2 aromatic carbocycles. The number of hydrogen-bond donors (Lipinski definition) is 0. The zero-order valence-electron chi connectivity index (χ0n) is 16.2. The van der Waals surface area contributed by atoms with Gasteiger partial charge in [-0.05, 0) is 37.1 Å². The summed E-state index contributed by atoms with van der Waals surface area (Å²) in [6.45, 7) is 8.18. The van der Waals surface area contributed by atoms with Gasteiger partial charge in [0.05, 0.1) is 0 Å². The maximum atomic E-state index is 2.73. The van der Waals surface area contributed by atoms with Gasteiger partial charge in [0, 0.05) is 51.0 Å². The minimum absolute atomic E-state index is 0.724. The standard InChI is InChI=1S/C24H31N3/c1-3-9-22(10-4-1)11-7-15-25-16-8-14-24(21-25)27-19-17-26(18-20-27)23-12-5-2-6-13-23/h1-7,9-13,24H,8,14-21H2/b11-7+. The molecule has 0 bridgehead atoms. The average molecular weight is 362 g/mol. The number of hydrogen-bond acceptors (Lipinski definition) is 3. The SMILES string of the molecule is C(=C\c1ccccc1)/CN1CCCC(N2CCN(c3ccccc3)CC2)C1. The lowest BCUT2D eigenvalue weighted by molar-refractivity contribution is 0.0991. The number of para-hydroxylation sites is 1. The van der Waals surface area contributed by atoms with Crippen LogP contribution < -0.4 is 4.90 Å². The molecule has 0 spiro atoms. The van der Waals surface area contributed by atoms with Crippen LogP contribution in [-0.2, 0) is 0 Å². The maximum Gasteiger partial charge on any atom is 0.0367 e. The fraction of sp³-hybridized carbons (Fsp3) is 0.417. The molecule has 0 aromatic heterocycles. The van der Waals surface area contributed by atoms with Crippen LogP contribution in [-0.4, -0.2) is 61.7 Å². The van der Waals surface area contributed by atoms with Gasteiger partial charge in [-0.25, -0.2) is 0 Å². The molecule has 2 aliphatic rings. The van der Waals surface area contributed by atoms with Crippen LogP contribution in [0.15, 0.2) is 66.7 Å². The lowest BCUT2D eigenvalue weighted by Crippen LogP contribution is -2.55. The number of piperazine rings is 1. The van der Waals surface area contributed by atoms with Crippen molar-refractivity contribution in [1.29, 1.82) is 0 Å². The Hall–Kier alpha value is -2.10. The van der Waals surface area contributed by atoms with Gasteiger partial charge < -0.3 is 4.90 Å². The first-order valence-electron chi connectivity index (χ1n) is 10.4. The van der Waals surface area contributed by atoms with Crippen LogP contribution in [0.25, 0.3) is 6.08 Å². The number of rotatable bonds is 5. The Bertz CT molecular complexity index is 705. The van der Waals surface area contributed by atoms with Crippen molar-refractivity contribution in [3.8, 4) is 0 Å². The van der Waals surface area contributed by atoms with Crippen LogP contribution >= 0.6 is 0 Å². The Morgan fingerprint density at radius 2 is 1.52 bits per heavy atom. The van der Waals surface area contributed by atoms with Gasteiger partial charge in [0.15, 0.2) is 0 Å². The largest absolute Gasteiger partial charge is 0.369 e. The summed E-state index contributed by atoms with van der Waals surface area (Å²) in [5.41, 5.74) is 2.66. The van der Waals surface area contributed by atoms with Crippen LogP contribution in [0, 0.1) is 0 Å². The van der Waals surface area contributed by atoms with E-state index in [1.54, 1.807) is 0 Å². The predicted molar refractivity (Wildman–Crippen MR) is 115 cm³/mol. The Kier molecular flexibility index (Phi) is 6.23. The minimum atomic E-state index is 0.724. The Morgan fingerprint density at radius 3 is 2.26 bits per heavy atom. The van der Waals surface area contributed by atoms with Crippen LogP contribution in [0.5, 0.6) is 0 Å². The van der Waals surface area contributed by atoms with Gasteiger partial charge in [0.1, 0.15) is 0 Å². The van der Waals surface area contributed by atoms with Crippen molar-refractivity contribution < 1.29 is 0 Å². The second-order valence-electron chi connectivity index (χ2n) is 7.73. The Balaban J connectivity index is 1.26. The first-order chi connectivity index (χ1) is 13.4. The van der Waals surface area contributed by atoms with Crippen molar-refractivity contribution >= 4 is 11.8 Å². The lowest BCUT2D eigenvalue weighted by atomic mass is 10.0. The molecular formula is C24H31N3. The molecule has 0 saturated carbocycles. The summed E-state index contributed by atoms with van der Waals surface area (Å²) in [5.74, 6) is 0. The monoisotopic (exact) mass is 361 g/mol. The molecule has 1 unspecified atom stereocenters. The maximum absolute atomic E-state index is 2.73. The van der Waals surface area contributed by atoms with Gasteiger partial charge in [-0.15, -0.1) is 0 Å².